The lowest BCUT2D eigenvalue weighted by Crippen LogP contribution is -1.96. The number of benzene rings is 6. The third-order valence-electron chi connectivity index (χ3n) is 8.10. The first kappa shape index (κ1) is 23.4. The molecule has 3 nitrogen and oxygen atoms in total. The van der Waals surface area contributed by atoms with Crippen molar-refractivity contribution < 1.29 is 4.42 Å². The summed E-state index contributed by atoms with van der Waals surface area (Å²) in [6.45, 7) is 0. The van der Waals surface area contributed by atoms with Gasteiger partial charge in [-0.25, -0.2) is 9.97 Å². The highest BCUT2D eigenvalue weighted by molar-refractivity contribution is 7.25. The number of furan rings is 1. The molecule has 0 bridgehead atoms. The molecule has 0 aliphatic rings. The van der Waals surface area contributed by atoms with Crippen molar-refractivity contribution in [1.29, 1.82) is 0 Å². The van der Waals surface area contributed by atoms with E-state index in [9.17, 15) is 0 Å². The topological polar surface area (TPSA) is 38.9 Å². The van der Waals surface area contributed by atoms with Crippen LogP contribution in [0.25, 0.3) is 86.8 Å². The summed E-state index contributed by atoms with van der Waals surface area (Å²) in [5, 5.41) is 6.94. The summed E-state index contributed by atoms with van der Waals surface area (Å²) in [6.07, 6.45) is 0. The smallest absolute Gasteiger partial charge is 0.161 e. The highest BCUT2D eigenvalue weighted by Crippen LogP contribution is 2.40. The molecule has 9 rings (SSSR count). The zero-order chi connectivity index (χ0) is 27.6. The van der Waals surface area contributed by atoms with Crippen LogP contribution in [0.3, 0.4) is 0 Å². The fourth-order valence-corrected chi connectivity index (χ4v) is 7.24. The molecule has 0 N–H and O–H groups in total. The van der Waals surface area contributed by atoms with E-state index in [0.29, 0.717) is 5.82 Å². The van der Waals surface area contributed by atoms with E-state index in [1.54, 1.807) is 0 Å². The second-order valence-electron chi connectivity index (χ2n) is 10.6. The van der Waals surface area contributed by atoms with Crippen molar-refractivity contribution in [1.82, 2.24) is 9.97 Å². The van der Waals surface area contributed by atoms with Crippen molar-refractivity contribution in [3.63, 3.8) is 0 Å². The Morgan fingerprint density at radius 1 is 0.500 bits per heavy atom. The minimum absolute atomic E-state index is 0.684. The monoisotopic (exact) mass is 554 g/mol. The normalized spacial score (nSPS) is 11.8. The third kappa shape index (κ3) is 3.59. The Balaban J connectivity index is 1.30. The first-order chi connectivity index (χ1) is 20.8. The predicted molar refractivity (Wildman–Crippen MR) is 176 cm³/mol. The van der Waals surface area contributed by atoms with E-state index in [-0.39, 0.29) is 0 Å². The van der Waals surface area contributed by atoms with Gasteiger partial charge < -0.3 is 4.42 Å². The number of thiophene rings is 1. The molecule has 0 fully saturated rings. The van der Waals surface area contributed by atoms with E-state index >= 15 is 0 Å². The molecule has 0 aliphatic carbocycles. The van der Waals surface area contributed by atoms with Crippen molar-refractivity contribution in [3.05, 3.63) is 133 Å². The molecule has 0 saturated heterocycles. The summed E-state index contributed by atoms with van der Waals surface area (Å²) >= 11 is 1.82. The van der Waals surface area contributed by atoms with E-state index in [1.165, 1.54) is 20.2 Å². The van der Waals surface area contributed by atoms with Gasteiger partial charge in [-0.15, -0.1) is 11.3 Å². The van der Waals surface area contributed by atoms with Gasteiger partial charge in [0.25, 0.3) is 0 Å². The number of nitrogens with zero attached hydrogens (tertiary/aromatic N) is 2. The minimum Gasteiger partial charge on any atom is -0.455 e. The molecule has 0 unspecified atom stereocenters. The van der Waals surface area contributed by atoms with Crippen LogP contribution in [0.1, 0.15) is 0 Å². The van der Waals surface area contributed by atoms with Crippen LogP contribution in [0.2, 0.25) is 0 Å². The van der Waals surface area contributed by atoms with Gasteiger partial charge in [0.15, 0.2) is 5.82 Å². The summed E-state index contributed by atoms with van der Waals surface area (Å²) in [5.74, 6) is 0.684. The van der Waals surface area contributed by atoms with Gasteiger partial charge >= 0.3 is 0 Å². The van der Waals surface area contributed by atoms with Crippen molar-refractivity contribution in [2.24, 2.45) is 0 Å². The number of hydrogen-bond donors (Lipinski definition) is 0. The Morgan fingerprint density at radius 3 is 2.14 bits per heavy atom. The van der Waals surface area contributed by atoms with Gasteiger partial charge in [-0.2, -0.15) is 0 Å². The lowest BCUT2D eigenvalue weighted by molar-refractivity contribution is 0.672. The molecule has 0 aliphatic heterocycles. The van der Waals surface area contributed by atoms with Crippen LogP contribution >= 0.6 is 11.3 Å². The van der Waals surface area contributed by atoms with Crippen molar-refractivity contribution in [2.45, 2.75) is 0 Å². The van der Waals surface area contributed by atoms with E-state index in [0.717, 1.165) is 60.8 Å². The van der Waals surface area contributed by atoms with Crippen molar-refractivity contribution in [3.8, 4) is 33.9 Å². The summed E-state index contributed by atoms with van der Waals surface area (Å²) in [6, 6.07) is 46.6. The number of aromatic nitrogens is 2. The molecule has 3 heterocycles. The molecular formula is C38H22N2OS. The molecule has 0 saturated carbocycles. The zero-order valence-corrected chi connectivity index (χ0v) is 23.2. The van der Waals surface area contributed by atoms with E-state index < -0.39 is 0 Å². The SMILES string of the molecule is c1ccc(-c2cc(-c3ccc4c(c3)sc3ccccc34)nc(-c3cccc4oc5c6ccccc6ccc5c34)n2)cc1. The molecule has 9 aromatic rings. The molecular weight excluding hydrogens is 532 g/mol. The quantitative estimate of drug-likeness (QED) is 0.218. The molecule has 196 valence electrons. The van der Waals surface area contributed by atoms with Gasteiger partial charge in [0.1, 0.15) is 11.2 Å². The first-order valence-corrected chi connectivity index (χ1v) is 14.8. The van der Waals surface area contributed by atoms with Crippen LogP contribution in [0.5, 0.6) is 0 Å². The fraction of sp³-hybridized carbons (Fsp3) is 0. The summed E-state index contributed by atoms with van der Waals surface area (Å²) in [7, 11) is 0. The van der Waals surface area contributed by atoms with Crippen molar-refractivity contribution in [2.75, 3.05) is 0 Å². The molecule has 0 amide bonds. The van der Waals surface area contributed by atoms with E-state index in [1.807, 2.05) is 29.5 Å². The van der Waals surface area contributed by atoms with Gasteiger partial charge in [0, 0.05) is 53.0 Å². The number of rotatable bonds is 3. The minimum atomic E-state index is 0.684. The number of fused-ring (bicyclic) bond motifs is 8. The van der Waals surface area contributed by atoms with Crippen LogP contribution in [0.4, 0.5) is 0 Å². The van der Waals surface area contributed by atoms with Gasteiger partial charge in [-0.3, -0.25) is 0 Å². The van der Waals surface area contributed by atoms with Crippen LogP contribution in [0.15, 0.2) is 138 Å². The fourth-order valence-electron chi connectivity index (χ4n) is 6.10. The molecule has 0 radical (unpaired) electrons. The van der Waals surface area contributed by atoms with Gasteiger partial charge in [0.2, 0.25) is 0 Å². The largest absolute Gasteiger partial charge is 0.455 e. The highest BCUT2D eigenvalue weighted by atomic mass is 32.1. The molecule has 0 spiro atoms. The zero-order valence-electron chi connectivity index (χ0n) is 22.4. The second kappa shape index (κ2) is 9.10. The average Bonchev–Trinajstić information content (AvgIpc) is 3.63. The van der Waals surface area contributed by atoms with Gasteiger partial charge in [0.05, 0.1) is 11.4 Å². The Bertz CT molecular complexity index is 2470. The average molecular weight is 555 g/mol. The molecule has 4 heteroatoms. The van der Waals surface area contributed by atoms with Gasteiger partial charge in [-0.1, -0.05) is 103 Å². The maximum Gasteiger partial charge on any atom is 0.161 e. The summed E-state index contributed by atoms with van der Waals surface area (Å²) in [4.78, 5) is 10.4. The maximum absolute atomic E-state index is 6.48. The molecule has 6 aromatic carbocycles. The second-order valence-corrected chi connectivity index (χ2v) is 11.7. The van der Waals surface area contributed by atoms with Crippen LogP contribution < -0.4 is 0 Å². The van der Waals surface area contributed by atoms with Crippen LogP contribution in [0, 0.1) is 0 Å². The molecule has 0 atom stereocenters. The third-order valence-corrected chi connectivity index (χ3v) is 9.23. The molecule has 3 aromatic heterocycles. The summed E-state index contributed by atoms with van der Waals surface area (Å²) in [5.41, 5.74) is 6.61. The lowest BCUT2D eigenvalue weighted by atomic mass is 10.0. The number of hydrogen-bond acceptors (Lipinski definition) is 4. The highest BCUT2D eigenvalue weighted by Gasteiger charge is 2.18. The van der Waals surface area contributed by atoms with E-state index in [4.69, 9.17) is 14.4 Å². The van der Waals surface area contributed by atoms with Crippen LogP contribution in [-0.2, 0) is 0 Å². The van der Waals surface area contributed by atoms with E-state index in [2.05, 4.69) is 115 Å². The summed E-state index contributed by atoms with van der Waals surface area (Å²) < 4.78 is 9.03. The van der Waals surface area contributed by atoms with Gasteiger partial charge in [-0.05, 0) is 35.7 Å². The van der Waals surface area contributed by atoms with Crippen LogP contribution in [-0.4, -0.2) is 9.97 Å². The Kier molecular flexibility index (Phi) is 5.07. The maximum atomic E-state index is 6.48. The Morgan fingerprint density at radius 2 is 1.24 bits per heavy atom. The predicted octanol–water partition coefficient (Wildman–Crippen LogP) is 10.9. The van der Waals surface area contributed by atoms with Crippen molar-refractivity contribution >= 4 is 64.2 Å². The first-order valence-electron chi connectivity index (χ1n) is 14.0. The molecule has 42 heavy (non-hydrogen) atoms. The Labute approximate surface area is 245 Å². The lowest BCUT2D eigenvalue weighted by Gasteiger charge is -2.10. The standard InChI is InChI=1S/C38H22N2OS/c1-2-10-24(11-3-1)31-22-32(25-18-19-28-27-13-6-7-16-34(27)42-35(28)21-25)40-38(39-31)30-14-8-15-33-36(30)29-20-17-23-9-4-5-12-26(23)37(29)41-33/h1-22H. The Hall–Kier alpha value is -5.32.